The Morgan fingerprint density at radius 3 is 2.94 bits per heavy atom. The Kier molecular flexibility index (Phi) is 4.95. The maximum absolute atomic E-state index is 10.9. The van der Waals surface area contributed by atoms with Crippen LogP contribution in [0.4, 0.5) is 5.69 Å². The van der Waals surface area contributed by atoms with Crippen molar-refractivity contribution in [3.63, 3.8) is 0 Å². The summed E-state index contributed by atoms with van der Waals surface area (Å²) in [4.78, 5) is 26.4. The van der Waals surface area contributed by atoms with E-state index in [9.17, 15) is 9.59 Å². The molecule has 1 aromatic carbocycles. The molecule has 0 saturated carbocycles. The van der Waals surface area contributed by atoms with Gasteiger partial charge in [-0.05, 0) is 25.1 Å². The van der Waals surface area contributed by atoms with Crippen LogP contribution in [0, 0.1) is 5.92 Å². The number of carbonyl (C=O) groups is 2. The largest absolute Gasteiger partial charge is 0.302 e. The summed E-state index contributed by atoms with van der Waals surface area (Å²) in [5, 5.41) is 0.576. The van der Waals surface area contributed by atoms with Gasteiger partial charge in [-0.2, -0.15) is 0 Å². The van der Waals surface area contributed by atoms with Crippen LogP contribution in [-0.4, -0.2) is 18.7 Å². The number of halogens is 1. The Labute approximate surface area is 98.5 Å². The Bertz CT molecular complexity index is 381. The van der Waals surface area contributed by atoms with Gasteiger partial charge in [0.25, 0.3) is 0 Å². The smallest absolute Gasteiger partial charge is 0.142 e. The third kappa shape index (κ3) is 4.00. The predicted molar refractivity (Wildman–Crippen MR) is 61.3 cm³/mol. The van der Waals surface area contributed by atoms with Gasteiger partial charge in [-0.15, -0.1) is 0 Å². The maximum atomic E-state index is 10.9. The average Bonchev–Trinajstić information content (AvgIpc) is 2.24. The lowest BCUT2D eigenvalue weighted by Gasteiger charge is -2.09. The van der Waals surface area contributed by atoms with Gasteiger partial charge in [0.05, 0.1) is 18.2 Å². The van der Waals surface area contributed by atoms with Crippen molar-refractivity contribution in [1.29, 1.82) is 0 Å². The molecular weight excluding hydrogens is 230 g/mol. The molecule has 1 N–H and O–H groups in total. The molecule has 0 amide bonds. The van der Waals surface area contributed by atoms with E-state index in [4.69, 9.17) is 16.4 Å². The number of aldehydes is 1. The Morgan fingerprint density at radius 2 is 2.38 bits per heavy atom. The summed E-state index contributed by atoms with van der Waals surface area (Å²) in [6.07, 6.45) is 0.571. The van der Waals surface area contributed by atoms with Crippen molar-refractivity contribution < 1.29 is 14.4 Å². The fourth-order valence-corrected chi connectivity index (χ4v) is 1.21. The third-order valence-electron chi connectivity index (χ3n) is 1.96. The first-order valence-corrected chi connectivity index (χ1v) is 5.10. The molecular formula is C11H12ClNO3. The number of ketones is 1. The van der Waals surface area contributed by atoms with E-state index in [1.807, 2.05) is 0 Å². The molecule has 1 atom stereocenters. The first-order valence-electron chi connectivity index (χ1n) is 4.72. The lowest BCUT2D eigenvalue weighted by molar-refractivity contribution is -0.127. The van der Waals surface area contributed by atoms with Gasteiger partial charge in [0.2, 0.25) is 0 Å². The van der Waals surface area contributed by atoms with Crippen molar-refractivity contribution in [3.8, 4) is 0 Å². The number of benzene rings is 1. The molecule has 0 bridgehead atoms. The topological polar surface area (TPSA) is 55.4 Å². The zero-order valence-corrected chi connectivity index (χ0v) is 9.53. The number of rotatable bonds is 6. The van der Waals surface area contributed by atoms with E-state index in [0.717, 1.165) is 0 Å². The molecule has 0 fully saturated rings. The summed E-state index contributed by atoms with van der Waals surface area (Å²) in [7, 11) is 0. The van der Waals surface area contributed by atoms with Crippen LogP contribution in [0.2, 0.25) is 5.02 Å². The highest BCUT2D eigenvalue weighted by molar-refractivity contribution is 6.30. The molecule has 0 aliphatic carbocycles. The van der Waals surface area contributed by atoms with Crippen molar-refractivity contribution in [2.75, 3.05) is 12.1 Å². The fraction of sp³-hybridized carbons (Fsp3) is 0.273. The second-order valence-corrected chi connectivity index (χ2v) is 3.71. The highest BCUT2D eigenvalue weighted by Gasteiger charge is 2.12. The molecule has 0 spiro atoms. The minimum Gasteiger partial charge on any atom is -0.302 e. The second-order valence-electron chi connectivity index (χ2n) is 3.28. The first kappa shape index (κ1) is 12.7. The van der Waals surface area contributed by atoms with Crippen LogP contribution < -0.4 is 5.48 Å². The molecule has 4 nitrogen and oxygen atoms in total. The molecule has 0 aliphatic heterocycles. The molecule has 0 radical (unpaired) electrons. The monoisotopic (exact) mass is 241 g/mol. The molecule has 0 saturated heterocycles. The van der Waals surface area contributed by atoms with Gasteiger partial charge >= 0.3 is 0 Å². The Hall–Kier alpha value is -1.39. The molecule has 0 heterocycles. The normalized spacial score (nSPS) is 11.9. The van der Waals surface area contributed by atoms with Gasteiger partial charge in [-0.1, -0.05) is 17.7 Å². The Morgan fingerprint density at radius 1 is 1.62 bits per heavy atom. The number of nitrogens with one attached hydrogen (secondary N) is 1. The van der Waals surface area contributed by atoms with Crippen molar-refractivity contribution >= 4 is 29.4 Å². The van der Waals surface area contributed by atoms with Gasteiger partial charge in [-0.25, -0.2) is 0 Å². The SMILES string of the molecule is CC(=O)C(C=O)CONc1cccc(Cl)c1. The highest BCUT2D eigenvalue weighted by Crippen LogP contribution is 2.14. The van der Waals surface area contributed by atoms with Gasteiger partial charge in [0.15, 0.2) is 0 Å². The molecule has 5 heteroatoms. The van der Waals surface area contributed by atoms with Crippen molar-refractivity contribution in [3.05, 3.63) is 29.3 Å². The van der Waals surface area contributed by atoms with E-state index in [-0.39, 0.29) is 12.4 Å². The second kappa shape index (κ2) is 6.25. The third-order valence-corrected chi connectivity index (χ3v) is 2.20. The van der Waals surface area contributed by atoms with Crippen LogP contribution in [0.15, 0.2) is 24.3 Å². The molecule has 16 heavy (non-hydrogen) atoms. The number of Topliss-reactive ketones (excluding diaryl/α,β-unsaturated/α-hetero) is 1. The minimum absolute atomic E-state index is 0.00530. The summed E-state index contributed by atoms with van der Waals surface area (Å²) in [5.74, 6) is -0.949. The summed E-state index contributed by atoms with van der Waals surface area (Å²) in [6.45, 7) is 1.35. The van der Waals surface area contributed by atoms with Gasteiger partial charge < -0.3 is 4.79 Å². The van der Waals surface area contributed by atoms with Crippen LogP contribution >= 0.6 is 11.6 Å². The predicted octanol–water partition coefficient (Wildman–Crippen LogP) is 2.09. The summed E-state index contributed by atoms with van der Waals surface area (Å²) in [5.41, 5.74) is 3.28. The number of hydrogen-bond donors (Lipinski definition) is 1. The summed E-state index contributed by atoms with van der Waals surface area (Å²) < 4.78 is 0. The van der Waals surface area contributed by atoms with Crippen LogP contribution in [0.3, 0.4) is 0 Å². The zero-order valence-electron chi connectivity index (χ0n) is 8.77. The molecule has 0 aromatic heterocycles. The molecule has 1 rings (SSSR count). The van der Waals surface area contributed by atoms with Crippen molar-refractivity contribution in [2.45, 2.75) is 6.92 Å². The van der Waals surface area contributed by atoms with Crippen LogP contribution in [0.1, 0.15) is 6.92 Å². The highest BCUT2D eigenvalue weighted by atomic mass is 35.5. The van der Waals surface area contributed by atoms with Gasteiger partial charge in [0.1, 0.15) is 12.1 Å². The van der Waals surface area contributed by atoms with Gasteiger partial charge in [0, 0.05) is 5.02 Å². The lowest BCUT2D eigenvalue weighted by atomic mass is 10.1. The molecule has 86 valence electrons. The maximum Gasteiger partial charge on any atom is 0.142 e. The number of anilines is 1. The van der Waals surface area contributed by atoms with E-state index < -0.39 is 5.92 Å². The average molecular weight is 242 g/mol. The summed E-state index contributed by atoms with van der Waals surface area (Å²) in [6, 6.07) is 6.92. The van der Waals surface area contributed by atoms with E-state index in [2.05, 4.69) is 5.48 Å². The zero-order chi connectivity index (χ0) is 12.0. The van der Waals surface area contributed by atoms with Crippen LogP contribution in [0.25, 0.3) is 0 Å². The van der Waals surface area contributed by atoms with Gasteiger partial charge in [-0.3, -0.25) is 15.1 Å². The molecule has 1 unspecified atom stereocenters. The van der Waals surface area contributed by atoms with E-state index >= 15 is 0 Å². The minimum atomic E-state index is -0.730. The fourth-order valence-electron chi connectivity index (χ4n) is 1.02. The quantitative estimate of drug-likeness (QED) is 0.471. The number of carbonyl (C=O) groups excluding carboxylic acids is 2. The standard InChI is InChI=1S/C11H12ClNO3/c1-8(15)9(6-14)7-16-13-11-4-2-3-10(12)5-11/h2-6,9,13H,7H2,1H3. The first-order chi connectivity index (χ1) is 7.63. The molecule has 1 aromatic rings. The van der Waals surface area contributed by atoms with E-state index in [1.165, 1.54) is 6.92 Å². The lowest BCUT2D eigenvalue weighted by Crippen LogP contribution is -2.20. The Balaban J connectivity index is 2.41. The van der Waals surface area contributed by atoms with Crippen LogP contribution in [0.5, 0.6) is 0 Å². The number of hydrogen-bond acceptors (Lipinski definition) is 4. The van der Waals surface area contributed by atoms with E-state index in [0.29, 0.717) is 17.0 Å². The van der Waals surface area contributed by atoms with Crippen molar-refractivity contribution in [2.24, 2.45) is 5.92 Å². The van der Waals surface area contributed by atoms with E-state index in [1.54, 1.807) is 24.3 Å². The molecule has 0 aliphatic rings. The van der Waals surface area contributed by atoms with Crippen molar-refractivity contribution in [1.82, 2.24) is 0 Å². The van der Waals surface area contributed by atoms with Crippen LogP contribution in [-0.2, 0) is 14.4 Å². The summed E-state index contributed by atoms with van der Waals surface area (Å²) >= 11 is 5.76.